The molecule has 0 unspecified atom stereocenters. The Balaban J connectivity index is 1.17. The van der Waals surface area contributed by atoms with Crippen molar-refractivity contribution >= 4 is 29.2 Å². The number of imide groups is 1. The van der Waals surface area contributed by atoms with Gasteiger partial charge in [0.25, 0.3) is 5.91 Å². The number of piperidine rings is 1. The van der Waals surface area contributed by atoms with Crippen molar-refractivity contribution in [3.05, 3.63) is 29.3 Å². The first kappa shape index (κ1) is 19.5. The summed E-state index contributed by atoms with van der Waals surface area (Å²) in [7, 11) is 0. The lowest BCUT2D eigenvalue weighted by molar-refractivity contribution is -0.128. The average molecular weight is 405 g/mol. The monoisotopic (exact) mass is 404 g/mol. The van der Waals surface area contributed by atoms with Gasteiger partial charge >= 0.3 is 6.03 Å². The Bertz CT molecular complexity index is 696. The highest BCUT2D eigenvalue weighted by atomic mass is 35.5. The van der Waals surface area contributed by atoms with E-state index in [1.165, 1.54) is 10.6 Å². The second kappa shape index (κ2) is 8.70. The second-order valence-electron chi connectivity index (χ2n) is 7.99. The van der Waals surface area contributed by atoms with Gasteiger partial charge in [0.05, 0.1) is 0 Å². The normalized spacial score (nSPS) is 23.5. The summed E-state index contributed by atoms with van der Waals surface area (Å²) < 4.78 is 0. The van der Waals surface area contributed by atoms with E-state index in [1.54, 1.807) is 4.90 Å². The van der Waals surface area contributed by atoms with E-state index in [9.17, 15) is 9.59 Å². The van der Waals surface area contributed by atoms with Crippen molar-refractivity contribution in [1.82, 2.24) is 14.7 Å². The molecule has 0 N–H and O–H groups in total. The summed E-state index contributed by atoms with van der Waals surface area (Å²) in [5, 5.41) is 0.780. The minimum atomic E-state index is -0.180. The third-order valence-electron chi connectivity index (χ3n) is 6.18. The van der Waals surface area contributed by atoms with Gasteiger partial charge in [-0.2, -0.15) is 0 Å². The van der Waals surface area contributed by atoms with Crippen molar-refractivity contribution in [1.29, 1.82) is 0 Å². The van der Waals surface area contributed by atoms with E-state index in [2.05, 4.69) is 15.9 Å². The molecule has 1 aromatic carbocycles. The van der Waals surface area contributed by atoms with Crippen LogP contribution in [0.3, 0.4) is 0 Å². The van der Waals surface area contributed by atoms with Crippen molar-refractivity contribution in [2.24, 2.45) is 0 Å². The fraction of sp³-hybridized carbons (Fsp3) is 0.619. The van der Waals surface area contributed by atoms with Crippen LogP contribution in [-0.2, 0) is 4.79 Å². The summed E-state index contributed by atoms with van der Waals surface area (Å²) >= 11 is 6.10. The molecule has 152 valence electrons. The number of carbonyl (C=O) groups is 2. The van der Waals surface area contributed by atoms with Crippen LogP contribution in [0.25, 0.3) is 0 Å². The second-order valence-corrected chi connectivity index (χ2v) is 8.43. The Morgan fingerprint density at radius 3 is 2.50 bits per heavy atom. The van der Waals surface area contributed by atoms with Crippen molar-refractivity contribution < 1.29 is 9.59 Å². The number of carbonyl (C=O) groups excluding carboxylic acids is 2. The van der Waals surface area contributed by atoms with E-state index in [-0.39, 0.29) is 18.0 Å². The third-order valence-corrected chi connectivity index (χ3v) is 6.42. The quantitative estimate of drug-likeness (QED) is 0.540. The maximum Gasteiger partial charge on any atom is 0.327 e. The minimum Gasteiger partial charge on any atom is -0.369 e. The lowest BCUT2D eigenvalue weighted by atomic mass is 10.0. The average Bonchev–Trinajstić information content (AvgIpc) is 2.96. The zero-order valence-corrected chi connectivity index (χ0v) is 17.1. The zero-order chi connectivity index (χ0) is 19.5. The Labute approximate surface area is 172 Å². The molecule has 3 aliphatic rings. The molecule has 0 spiro atoms. The van der Waals surface area contributed by atoms with E-state index < -0.39 is 0 Å². The standard InChI is InChI=1S/C21H29ClN4O2/c22-17-6-5-7-18(16-17)24-14-12-23(13-15-24)9-3-4-11-26-20(27)19-8-1-2-10-25(19)21(26)28/h5-7,16,19H,1-4,8-15H2/t19-/m1/s1. The van der Waals surface area contributed by atoms with Crippen molar-refractivity contribution in [3.63, 3.8) is 0 Å². The first-order valence-electron chi connectivity index (χ1n) is 10.5. The molecule has 0 bridgehead atoms. The number of amides is 3. The third kappa shape index (κ3) is 4.13. The topological polar surface area (TPSA) is 47.1 Å². The number of rotatable bonds is 6. The van der Waals surface area contributed by atoms with Gasteiger partial charge in [0.15, 0.2) is 0 Å². The zero-order valence-electron chi connectivity index (χ0n) is 16.4. The van der Waals surface area contributed by atoms with Gasteiger partial charge in [-0.15, -0.1) is 0 Å². The maximum absolute atomic E-state index is 12.5. The van der Waals surface area contributed by atoms with Crippen LogP contribution < -0.4 is 4.90 Å². The predicted octanol–water partition coefficient (Wildman–Crippen LogP) is 3.06. The minimum absolute atomic E-state index is 0.0276. The fourth-order valence-electron chi connectivity index (χ4n) is 4.56. The number of piperazine rings is 1. The van der Waals surface area contributed by atoms with Gasteiger partial charge in [-0.25, -0.2) is 4.79 Å². The van der Waals surface area contributed by atoms with Gasteiger partial charge in [-0.05, 0) is 56.8 Å². The number of hydrogen-bond donors (Lipinski definition) is 0. The summed E-state index contributed by atoms with van der Waals surface area (Å²) in [4.78, 5) is 33.0. The molecular formula is C21H29ClN4O2. The summed E-state index contributed by atoms with van der Waals surface area (Å²) in [5.41, 5.74) is 1.19. The van der Waals surface area contributed by atoms with E-state index in [0.717, 1.165) is 76.4 Å². The molecule has 3 saturated heterocycles. The van der Waals surface area contributed by atoms with Crippen LogP contribution in [0.5, 0.6) is 0 Å². The summed E-state index contributed by atoms with van der Waals surface area (Å²) in [6.45, 7) is 6.39. The van der Waals surface area contributed by atoms with Gasteiger partial charge in [0, 0.05) is 50.0 Å². The molecule has 4 rings (SSSR count). The van der Waals surface area contributed by atoms with Gasteiger partial charge in [0.2, 0.25) is 0 Å². The van der Waals surface area contributed by atoms with Gasteiger partial charge in [-0.3, -0.25) is 14.6 Å². The van der Waals surface area contributed by atoms with Crippen LogP contribution in [0.15, 0.2) is 24.3 Å². The lowest BCUT2D eigenvalue weighted by Crippen LogP contribution is -2.46. The fourth-order valence-corrected chi connectivity index (χ4v) is 4.74. The summed E-state index contributed by atoms with van der Waals surface area (Å²) in [6, 6.07) is 7.79. The summed E-state index contributed by atoms with van der Waals surface area (Å²) in [6.07, 6.45) is 4.79. The predicted molar refractivity (Wildman–Crippen MR) is 111 cm³/mol. The van der Waals surface area contributed by atoms with E-state index >= 15 is 0 Å². The molecule has 3 amide bonds. The Morgan fingerprint density at radius 2 is 1.75 bits per heavy atom. The highest BCUT2D eigenvalue weighted by Gasteiger charge is 2.45. The molecule has 3 heterocycles. The van der Waals surface area contributed by atoms with Crippen LogP contribution >= 0.6 is 11.6 Å². The van der Waals surface area contributed by atoms with Crippen LogP contribution in [0.1, 0.15) is 32.1 Å². The molecule has 7 heteroatoms. The molecule has 6 nitrogen and oxygen atoms in total. The Morgan fingerprint density at radius 1 is 0.964 bits per heavy atom. The number of benzene rings is 1. The van der Waals surface area contributed by atoms with E-state index in [1.807, 2.05) is 18.2 Å². The molecule has 3 aliphatic heterocycles. The van der Waals surface area contributed by atoms with Crippen molar-refractivity contribution in [2.75, 3.05) is 50.7 Å². The van der Waals surface area contributed by atoms with Crippen molar-refractivity contribution in [2.45, 2.75) is 38.1 Å². The number of halogens is 1. The first-order chi connectivity index (χ1) is 13.6. The van der Waals surface area contributed by atoms with Gasteiger partial charge in [0.1, 0.15) is 6.04 Å². The van der Waals surface area contributed by atoms with E-state index in [0.29, 0.717) is 6.54 Å². The largest absolute Gasteiger partial charge is 0.369 e. The molecule has 0 saturated carbocycles. The van der Waals surface area contributed by atoms with Crippen LogP contribution in [-0.4, -0.2) is 78.5 Å². The van der Waals surface area contributed by atoms with Crippen molar-refractivity contribution in [3.8, 4) is 0 Å². The number of nitrogens with zero attached hydrogens (tertiary/aromatic N) is 4. The Hall–Kier alpha value is -1.79. The summed E-state index contributed by atoms with van der Waals surface area (Å²) in [5.74, 6) is 0.0276. The number of unbranched alkanes of at least 4 members (excludes halogenated alkanes) is 1. The van der Waals surface area contributed by atoms with Crippen LogP contribution in [0.2, 0.25) is 5.02 Å². The highest BCUT2D eigenvalue weighted by Crippen LogP contribution is 2.27. The molecule has 28 heavy (non-hydrogen) atoms. The highest BCUT2D eigenvalue weighted by molar-refractivity contribution is 6.30. The molecule has 0 radical (unpaired) electrons. The molecule has 0 aliphatic carbocycles. The lowest BCUT2D eigenvalue weighted by Gasteiger charge is -2.36. The molecular weight excluding hydrogens is 376 g/mol. The van der Waals surface area contributed by atoms with Crippen LogP contribution in [0.4, 0.5) is 10.5 Å². The smallest absolute Gasteiger partial charge is 0.327 e. The number of hydrogen-bond acceptors (Lipinski definition) is 4. The first-order valence-corrected chi connectivity index (χ1v) is 10.9. The number of anilines is 1. The molecule has 3 fully saturated rings. The van der Waals surface area contributed by atoms with Gasteiger partial charge in [-0.1, -0.05) is 17.7 Å². The van der Waals surface area contributed by atoms with Gasteiger partial charge < -0.3 is 9.80 Å². The molecule has 1 aromatic rings. The van der Waals surface area contributed by atoms with Crippen LogP contribution in [0, 0.1) is 0 Å². The maximum atomic E-state index is 12.5. The Kier molecular flexibility index (Phi) is 6.07. The number of fused-ring (bicyclic) bond motifs is 1. The molecule has 0 aromatic heterocycles. The SMILES string of the molecule is O=C1[C@H]2CCCCN2C(=O)N1CCCCN1CCN(c2cccc(Cl)c2)CC1. The molecule has 1 atom stereocenters. The van der Waals surface area contributed by atoms with E-state index in [4.69, 9.17) is 11.6 Å². The number of urea groups is 1.